The van der Waals surface area contributed by atoms with E-state index in [0.29, 0.717) is 24.8 Å². The lowest BCUT2D eigenvalue weighted by Crippen LogP contribution is -2.28. The number of amides is 1. The molecule has 1 amide bonds. The third-order valence-corrected chi connectivity index (χ3v) is 6.23. The average Bonchev–Trinajstić information content (AvgIpc) is 3.12. The fourth-order valence-corrected chi connectivity index (χ4v) is 4.59. The maximum absolute atomic E-state index is 12.4. The van der Waals surface area contributed by atoms with Gasteiger partial charge >= 0.3 is 0 Å². The number of fused-ring (bicyclic) bond motifs is 1. The molecule has 0 aliphatic heterocycles. The number of thioether (sulfide) groups is 2. The van der Waals surface area contributed by atoms with E-state index in [0.717, 1.165) is 33.3 Å². The van der Waals surface area contributed by atoms with E-state index in [-0.39, 0.29) is 11.9 Å². The molecule has 0 aliphatic carbocycles. The first-order chi connectivity index (χ1) is 15.4. The van der Waals surface area contributed by atoms with E-state index in [1.807, 2.05) is 28.6 Å². The molecule has 0 fully saturated rings. The highest BCUT2D eigenvalue weighted by atomic mass is 32.2. The number of carbonyl (C=O) groups is 1. The molecule has 9 heteroatoms. The van der Waals surface area contributed by atoms with Gasteiger partial charge < -0.3 is 10.6 Å². The third kappa shape index (κ3) is 6.87. The van der Waals surface area contributed by atoms with Crippen molar-refractivity contribution in [2.45, 2.75) is 68.9 Å². The second kappa shape index (κ2) is 11.6. The molecule has 32 heavy (non-hydrogen) atoms. The van der Waals surface area contributed by atoms with E-state index < -0.39 is 0 Å². The maximum atomic E-state index is 12.4. The number of nitrogens with zero attached hydrogens (tertiary/aromatic N) is 4. The summed E-state index contributed by atoms with van der Waals surface area (Å²) in [4.78, 5) is 22.9. The lowest BCUT2D eigenvalue weighted by molar-refractivity contribution is -0.120. The summed E-state index contributed by atoms with van der Waals surface area (Å²) in [5.74, 6) is 1.70. The zero-order chi connectivity index (χ0) is 23.1. The predicted molar refractivity (Wildman–Crippen MR) is 135 cm³/mol. The lowest BCUT2D eigenvalue weighted by Gasteiger charge is -2.12. The molecule has 3 aromatic rings. The van der Waals surface area contributed by atoms with Crippen molar-refractivity contribution >= 4 is 46.3 Å². The van der Waals surface area contributed by atoms with E-state index >= 15 is 0 Å². The minimum absolute atomic E-state index is 0.00439. The molecule has 0 saturated carbocycles. The largest absolute Gasteiger partial charge is 0.367 e. The normalized spacial score (nSPS) is 11.5. The summed E-state index contributed by atoms with van der Waals surface area (Å²) >= 11 is 3.42. The van der Waals surface area contributed by atoms with Crippen molar-refractivity contribution in [3.8, 4) is 0 Å². The molecule has 3 rings (SSSR count). The third-order valence-electron chi connectivity index (χ3n) is 4.48. The standard InChI is InChI=1S/C23H32N6OS2/c1-6-31-23-27-21(26-15(2)3)19-14-25-29(22(19)28-23)12-11-24-20(30)13-17-7-9-18(10-8-17)32-16(4)5/h7-10,14-16H,6,11-13H2,1-5H3,(H,24,30)(H,26,27,28). The van der Waals surface area contributed by atoms with E-state index in [2.05, 4.69) is 72.5 Å². The van der Waals surface area contributed by atoms with E-state index in [4.69, 9.17) is 0 Å². The quantitative estimate of drug-likeness (QED) is 0.311. The maximum Gasteiger partial charge on any atom is 0.224 e. The topological polar surface area (TPSA) is 84.7 Å². The Morgan fingerprint density at radius 1 is 1.12 bits per heavy atom. The summed E-state index contributed by atoms with van der Waals surface area (Å²) in [6, 6.07) is 8.47. The Hall–Kier alpha value is -2.26. The van der Waals surface area contributed by atoms with Gasteiger partial charge in [-0.25, -0.2) is 14.6 Å². The Balaban J connectivity index is 1.60. The van der Waals surface area contributed by atoms with E-state index in [1.165, 1.54) is 4.90 Å². The van der Waals surface area contributed by atoms with Gasteiger partial charge in [-0.3, -0.25) is 4.79 Å². The molecule has 7 nitrogen and oxygen atoms in total. The number of anilines is 1. The number of aromatic nitrogens is 4. The van der Waals surface area contributed by atoms with Crippen LogP contribution in [0.1, 0.15) is 40.2 Å². The highest BCUT2D eigenvalue weighted by Crippen LogP contribution is 2.25. The van der Waals surface area contributed by atoms with E-state index in [1.54, 1.807) is 18.0 Å². The van der Waals surface area contributed by atoms with Gasteiger partial charge in [0, 0.05) is 22.7 Å². The molecule has 2 N–H and O–H groups in total. The Morgan fingerprint density at radius 3 is 2.53 bits per heavy atom. The van der Waals surface area contributed by atoms with Crippen LogP contribution < -0.4 is 10.6 Å². The molecule has 0 aliphatic rings. The van der Waals surface area contributed by atoms with Gasteiger partial charge in [0.2, 0.25) is 5.91 Å². The van der Waals surface area contributed by atoms with Crippen LogP contribution in [0.3, 0.4) is 0 Å². The van der Waals surface area contributed by atoms with Gasteiger partial charge in [0.05, 0.1) is 24.5 Å². The van der Waals surface area contributed by atoms with Crippen LogP contribution in [0.25, 0.3) is 11.0 Å². The van der Waals surface area contributed by atoms with Crippen molar-refractivity contribution in [3.63, 3.8) is 0 Å². The van der Waals surface area contributed by atoms with Crippen LogP contribution >= 0.6 is 23.5 Å². The predicted octanol–water partition coefficient (Wildman–Crippen LogP) is 4.62. The molecule has 0 spiro atoms. The Morgan fingerprint density at radius 2 is 1.88 bits per heavy atom. The fourth-order valence-electron chi connectivity index (χ4n) is 3.18. The van der Waals surface area contributed by atoms with Crippen LogP contribution in [0.2, 0.25) is 0 Å². The monoisotopic (exact) mass is 472 g/mol. The van der Waals surface area contributed by atoms with Crippen LogP contribution in [0.15, 0.2) is 40.5 Å². The highest BCUT2D eigenvalue weighted by molar-refractivity contribution is 8.00. The number of nitrogens with one attached hydrogen (secondary N) is 2. The smallest absolute Gasteiger partial charge is 0.224 e. The first kappa shape index (κ1) is 24.4. The summed E-state index contributed by atoms with van der Waals surface area (Å²) in [6.07, 6.45) is 2.16. The van der Waals surface area contributed by atoms with Gasteiger partial charge in [0.15, 0.2) is 10.8 Å². The molecule has 0 atom stereocenters. The SMILES string of the molecule is CCSc1nc(NC(C)C)c2cnn(CCNC(=O)Cc3ccc(SC(C)C)cc3)c2n1. The zero-order valence-corrected chi connectivity index (χ0v) is 21.0. The highest BCUT2D eigenvalue weighted by Gasteiger charge is 2.14. The molecular formula is C23H32N6OS2. The summed E-state index contributed by atoms with van der Waals surface area (Å²) in [6.45, 7) is 11.6. The van der Waals surface area contributed by atoms with Crippen LogP contribution in [-0.4, -0.2) is 49.2 Å². The molecule has 2 aromatic heterocycles. The van der Waals surface area contributed by atoms with Gasteiger partial charge in [-0.1, -0.05) is 44.7 Å². The van der Waals surface area contributed by atoms with Gasteiger partial charge in [-0.05, 0) is 37.3 Å². The van der Waals surface area contributed by atoms with Crippen LogP contribution in [-0.2, 0) is 17.8 Å². The second-order valence-corrected chi connectivity index (χ2v) is 10.9. The molecule has 0 bridgehead atoms. The minimum Gasteiger partial charge on any atom is -0.367 e. The van der Waals surface area contributed by atoms with E-state index in [9.17, 15) is 4.79 Å². The summed E-state index contributed by atoms with van der Waals surface area (Å²) in [5, 5.41) is 13.0. The van der Waals surface area contributed by atoms with Crippen molar-refractivity contribution in [2.24, 2.45) is 0 Å². The Kier molecular flexibility index (Phi) is 8.81. The summed E-state index contributed by atoms with van der Waals surface area (Å²) < 4.78 is 1.83. The Labute approximate surface area is 198 Å². The van der Waals surface area contributed by atoms with Crippen molar-refractivity contribution in [1.82, 2.24) is 25.1 Å². The first-order valence-electron chi connectivity index (χ1n) is 11.0. The van der Waals surface area contributed by atoms with Gasteiger partial charge in [0.1, 0.15) is 5.82 Å². The van der Waals surface area contributed by atoms with Crippen LogP contribution in [0.5, 0.6) is 0 Å². The number of hydrogen-bond donors (Lipinski definition) is 2. The molecule has 0 saturated heterocycles. The first-order valence-corrected chi connectivity index (χ1v) is 12.9. The van der Waals surface area contributed by atoms with Crippen molar-refractivity contribution < 1.29 is 4.79 Å². The Bertz CT molecular complexity index is 1030. The number of benzene rings is 1. The molecule has 2 heterocycles. The zero-order valence-electron chi connectivity index (χ0n) is 19.4. The van der Waals surface area contributed by atoms with Gasteiger partial charge in [-0.15, -0.1) is 11.8 Å². The van der Waals surface area contributed by atoms with Crippen molar-refractivity contribution in [3.05, 3.63) is 36.0 Å². The molecular weight excluding hydrogens is 440 g/mol. The van der Waals surface area contributed by atoms with Crippen molar-refractivity contribution in [1.29, 1.82) is 0 Å². The minimum atomic E-state index is 0.00439. The number of hydrogen-bond acceptors (Lipinski definition) is 7. The lowest BCUT2D eigenvalue weighted by atomic mass is 10.1. The molecule has 0 radical (unpaired) electrons. The number of carbonyl (C=O) groups excluding carboxylic acids is 1. The van der Waals surface area contributed by atoms with Crippen LogP contribution in [0.4, 0.5) is 5.82 Å². The van der Waals surface area contributed by atoms with Gasteiger partial charge in [-0.2, -0.15) is 5.10 Å². The molecule has 0 unspecified atom stereocenters. The van der Waals surface area contributed by atoms with Gasteiger partial charge in [0.25, 0.3) is 0 Å². The summed E-state index contributed by atoms with van der Waals surface area (Å²) in [7, 11) is 0. The molecule has 172 valence electrons. The number of rotatable bonds is 11. The second-order valence-electron chi connectivity index (χ2n) is 8.03. The average molecular weight is 473 g/mol. The summed E-state index contributed by atoms with van der Waals surface area (Å²) in [5.41, 5.74) is 1.80. The van der Waals surface area contributed by atoms with Crippen molar-refractivity contribution in [2.75, 3.05) is 17.6 Å². The van der Waals surface area contributed by atoms with Crippen LogP contribution in [0, 0.1) is 0 Å². The fraction of sp³-hybridized carbons (Fsp3) is 0.478. The molecule has 1 aromatic carbocycles.